The molecule has 0 saturated heterocycles. The highest BCUT2D eigenvalue weighted by Gasteiger charge is 2.24. The maximum absolute atomic E-state index is 11.5. The third kappa shape index (κ3) is 2.22. The number of allylic oxidation sites excluding steroid dienone is 2. The number of hydrogen-bond donors (Lipinski definition) is 3. The summed E-state index contributed by atoms with van der Waals surface area (Å²) in [6, 6.07) is 0. The quantitative estimate of drug-likeness (QED) is 0.552. The molecule has 0 saturated carbocycles. The van der Waals surface area contributed by atoms with Crippen LogP contribution in [0.1, 0.15) is 28.4 Å². The fraction of sp³-hybridized carbons (Fsp3) is 0.214. The van der Waals surface area contributed by atoms with E-state index in [0.29, 0.717) is 0 Å². The highest BCUT2D eigenvalue weighted by atomic mass is 16.3. The standard InChI is InChI=1S/C14H16O4/c1-4-6-9-12(16)10(7-5-2)14(18)11(8(3)15)13(9)17/h4-5,16-18H,1-2,6-7H2,3H3. The van der Waals surface area contributed by atoms with Gasteiger partial charge in [-0.25, -0.2) is 0 Å². The Bertz CT molecular complexity index is 478. The van der Waals surface area contributed by atoms with E-state index >= 15 is 0 Å². The second-order valence-electron chi connectivity index (χ2n) is 3.92. The summed E-state index contributed by atoms with van der Waals surface area (Å²) in [6.45, 7) is 8.28. The van der Waals surface area contributed by atoms with E-state index in [0.717, 1.165) is 0 Å². The van der Waals surface area contributed by atoms with Crippen molar-refractivity contribution in [1.29, 1.82) is 0 Å². The Morgan fingerprint density at radius 1 is 1.00 bits per heavy atom. The van der Waals surface area contributed by atoms with E-state index in [1.165, 1.54) is 19.1 Å². The predicted molar refractivity (Wildman–Crippen MR) is 69.2 cm³/mol. The summed E-state index contributed by atoms with van der Waals surface area (Å²) in [6.07, 6.45) is 3.38. The largest absolute Gasteiger partial charge is 0.507 e. The Morgan fingerprint density at radius 2 is 1.39 bits per heavy atom. The molecule has 3 N–H and O–H groups in total. The van der Waals surface area contributed by atoms with Crippen LogP contribution >= 0.6 is 0 Å². The average molecular weight is 248 g/mol. The van der Waals surface area contributed by atoms with Crippen LogP contribution in [0.25, 0.3) is 0 Å². The van der Waals surface area contributed by atoms with Crippen molar-refractivity contribution >= 4 is 5.78 Å². The molecule has 1 aromatic carbocycles. The number of aromatic hydroxyl groups is 3. The van der Waals surface area contributed by atoms with Crippen LogP contribution in [-0.4, -0.2) is 21.1 Å². The molecule has 0 heterocycles. The number of carbonyl (C=O) groups is 1. The number of hydrogen-bond acceptors (Lipinski definition) is 4. The minimum atomic E-state index is -0.472. The third-order valence-corrected chi connectivity index (χ3v) is 2.67. The van der Waals surface area contributed by atoms with E-state index in [4.69, 9.17) is 0 Å². The Kier molecular flexibility index (Phi) is 4.15. The van der Waals surface area contributed by atoms with Crippen LogP contribution in [0.5, 0.6) is 17.2 Å². The molecule has 18 heavy (non-hydrogen) atoms. The van der Waals surface area contributed by atoms with Crippen molar-refractivity contribution < 1.29 is 20.1 Å². The van der Waals surface area contributed by atoms with Crippen molar-refractivity contribution in [3.8, 4) is 17.2 Å². The van der Waals surface area contributed by atoms with E-state index in [1.54, 1.807) is 0 Å². The summed E-state index contributed by atoms with van der Waals surface area (Å²) in [5.74, 6) is -1.49. The maximum atomic E-state index is 11.5. The molecule has 0 aliphatic carbocycles. The van der Waals surface area contributed by atoms with Crippen molar-refractivity contribution in [3.05, 3.63) is 42.0 Å². The summed E-state index contributed by atoms with van der Waals surface area (Å²) in [7, 11) is 0. The lowest BCUT2D eigenvalue weighted by Gasteiger charge is -2.15. The van der Waals surface area contributed by atoms with Crippen molar-refractivity contribution in [2.45, 2.75) is 19.8 Å². The molecule has 0 atom stereocenters. The molecule has 0 aliphatic rings. The molecule has 1 aromatic rings. The summed E-state index contributed by atoms with van der Waals surface area (Å²) in [5.41, 5.74) is 0.191. The van der Waals surface area contributed by atoms with Crippen LogP contribution in [0, 0.1) is 0 Å². The number of Topliss-reactive ketones (excluding diaryl/α,β-unsaturated/α-hetero) is 1. The molecular formula is C14H16O4. The lowest BCUT2D eigenvalue weighted by Crippen LogP contribution is -2.01. The zero-order valence-electron chi connectivity index (χ0n) is 10.2. The SMILES string of the molecule is C=CCc1c(O)c(CC=C)c(O)c(C(C)=O)c1O. The van der Waals surface area contributed by atoms with Crippen molar-refractivity contribution in [2.24, 2.45) is 0 Å². The second kappa shape index (κ2) is 5.40. The zero-order chi connectivity index (χ0) is 13.9. The molecule has 1 rings (SSSR count). The van der Waals surface area contributed by atoms with Gasteiger partial charge >= 0.3 is 0 Å². The molecule has 0 aromatic heterocycles. The first-order valence-corrected chi connectivity index (χ1v) is 5.47. The minimum Gasteiger partial charge on any atom is -0.507 e. The third-order valence-electron chi connectivity index (χ3n) is 2.67. The highest BCUT2D eigenvalue weighted by molar-refractivity contribution is 6.01. The minimum absolute atomic E-state index is 0.179. The second-order valence-corrected chi connectivity index (χ2v) is 3.92. The Morgan fingerprint density at radius 3 is 1.67 bits per heavy atom. The molecule has 4 nitrogen and oxygen atoms in total. The molecule has 0 amide bonds. The van der Waals surface area contributed by atoms with E-state index in [2.05, 4.69) is 13.2 Å². The van der Waals surface area contributed by atoms with E-state index in [9.17, 15) is 20.1 Å². The number of phenolic OH excluding ortho intramolecular Hbond substituents is 3. The highest BCUT2D eigenvalue weighted by Crippen LogP contribution is 2.42. The van der Waals surface area contributed by atoms with Crippen LogP contribution < -0.4 is 0 Å². The van der Waals surface area contributed by atoms with Gasteiger partial charge in [0.2, 0.25) is 0 Å². The molecule has 0 bridgehead atoms. The summed E-state index contributed by atoms with van der Waals surface area (Å²) in [4.78, 5) is 11.5. The fourth-order valence-electron chi connectivity index (χ4n) is 1.83. The molecule has 4 heteroatoms. The monoisotopic (exact) mass is 248 g/mol. The molecule has 96 valence electrons. The zero-order valence-corrected chi connectivity index (χ0v) is 10.2. The number of rotatable bonds is 5. The van der Waals surface area contributed by atoms with Gasteiger partial charge in [-0.1, -0.05) is 12.2 Å². The van der Waals surface area contributed by atoms with Crippen molar-refractivity contribution in [1.82, 2.24) is 0 Å². The van der Waals surface area contributed by atoms with Gasteiger partial charge in [-0.05, 0) is 19.8 Å². The molecular weight excluding hydrogens is 232 g/mol. The van der Waals surface area contributed by atoms with Gasteiger partial charge in [0.15, 0.2) is 5.78 Å². The molecule has 0 unspecified atom stereocenters. The lowest BCUT2D eigenvalue weighted by molar-refractivity contribution is 0.101. The van der Waals surface area contributed by atoms with Gasteiger partial charge in [0.25, 0.3) is 0 Å². The molecule has 0 spiro atoms. The first-order chi connectivity index (χ1) is 8.45. The Labute approximate surface area is 106 Å². The van der Waals surface area contributed by atoms with Gasteiger partial charge in [-0.2, -0.15) is 0 Å². The summed E-state index contributed by atoms with van der Waals surface area (Å²) in [5, 5.41) is 29.9. The normalized spacial score (nSPS) is 10.1. The van der Waals surface area contributed by atoms with Crippen LogP contribution in [-0.2, 0) is 12.8 Å². The smallest absolute Gasteiger partial charge is 0.167 e. The van der Waals surface area contributed by atoms with E-state index < -0.39 is 17.3 Å². The first kappa shape index (κ1) is 13.8. The number of carbonyl (C=O) groups excluding carboxylic acids is 1. The Hall–Kier alpha value is -2.23. The topological polar surface area (TPSA) is 77.8 Å². The number of benzene rings is 1. The van der Waals surface area contributed by atoms with Crippen molar-refractivity contribution in [3.63, 3.8) is 0 Å². The van der Waals surface area contributed by atoms with Gasteiger partial charge in [-0.15, -0.1) is 13.2 Å². The number of phenols is 3. The van der Waals surface area contributed by atoms with Crippen molar-refractivity contribution in [2.75, 3.05) is 0 Å². The molecule has 0 fully saturated rings. The van der Waals surface area contributed by atoms with Gasteiger partial charge in [0.05, 0.1) is 0 Å². The van der Waals surface area contributed by atoms with Gasteiger partial charge in [0.1, 0.15) is 22.8 Å². The summed E-state index contributed by atoms with van der Waals surface area (Å²) >= 11 is 0. The van der Waals surface area contributed by atoms with Crippen LogP contribution in [0.4, 0.5) is 0 Å². The summed E-state index contributed by atoms with van der Waals surface area (Å²) < 4.78 is 0. The first-order valence-electron chi connectivity index (χ1n) is 5.47. The number of ketones is 1. The fourth-order valence-corrected chi connectivity index (χ4v) is 1.83. The maximum Gasteiger partial charge on any atom is 0.167 e. The van der Waals surface area contributed by atoms with Gasteiger partial charge < -0.3 is 15.3 Å². The van der Waals surface area contributed by atoms with Gasteiger partial charge in [-0.3, -0.25) is 4.79 Å². The van der Waals surface area contributed by atoms with Crippen LogP contribution in [0.3, 0.4) is 0 Å². The van der Waals surface area contributed by atoms with E-state index in [-0.39, 0.29) is 35.3 Å². The van der Waals surface area contributed by atoms with Gasteiger partial charge in [0, 0.05) is 11.1 Å². The predicted octanol–water partition coefficient (Wildman–Crippen LogP) is 2.46. The van der Waals surface area contributed by atoms with Crippen LogP contribution in [0.15, 0.2) is 25.3 Å². The molecule has 0 aliphatic heterocycles. The van der Waals surface area contributed by atoms with E-state index in [1.807, 2.05) is 0 Å². The Balaban J connectivity index is 3.68. The lowest BCUT2D eigenvalue weighted by atomic mass is 9.95. The average Bonchev–Trinajstić information content (AvgIpc) is 2.30. The van der Waals surface area contributed by atoms with Crippen LogP contribution in [0.2, 0.25) is 0 Å². The molecule has 0 radical (unpaired) electrons.